The Bertz CT molecular complexity index is 907. The zero-order valence-electron chi connectivity index (χ0n) is 15.8. The SMILES string of the molecule is Cc1ccc(-c2c(C)cn(Cc3ccc(F)cc3)c2C2COCC[N]2)cc1. The van der Waals surface area contributed by atoms with Gasteiger partial charge in [-0.15, -0.1) is 0 Å². The van der Waals surface area contributed by atoms with E-state index in [9.17, 15) is 4.39 Å². The Morgan fingerprint density at radius 1 is 1.07 bits per heavy atom. The van der Waals surface area contributed by atoms with Crippen molar-refractivity contribution in [1.29, 1.82) is 0 Å². The lowest BCUT2D eigenvalue weighted by molar-refractivity contribution is 0.0724. The van der Waals surface area contributed by atoms with Crippen LogP contribution in [0.2, 0.25) is 0 Å². The van der Waals surface area contributed by atoms with Crippen LogP contribution in [0.3, 0.4) is 0 Å². The molecule has 3 nitrogen and oxygen atoms in total. The summed E-state index contributed by atoms with van der Waals surface area (Å²) < 4.78 is 21.2. The van der Waals surface area contributed by atoms with Gasteiger partial charge >= 0.3 is 0 Å². The van der Waals surface area contributed by atoms with E-state index in [0.29, 0.717) is 19.8 Å². The number of hydrogen-bond donors (Lipinski definition) is 0. The first kappa shape index (κ1) is 18.0. The van der Waals surface area contributed by atoms with E-state index in [2.05, 4.69) is 48.9 Å². The first-order valence-electron chi connectivity index (χ1n) is 9.37. The lowest BCUT2D eigenvalue weighted by Crippen LogP contribution is -2.31. The van der Waals surface area contributed by atoms with Crippen LogP contribution in [0.15, 0.2) is 54.7 Å². The fourth-order valence-corrected chi connectivity index (χ4v) is 3.77. The average Bonchev–Trinajstić information content (AvgIpc) is 3.01. The summed E-state index contributed by atoms with van der Waals surface area (Å²) in [6, 6.07) is 15.4. The van der Waals surface area contributed by atoms with E-state index < -0.39 is 0 Å². The zero-order valence-corrected chi connectivity index (χ0v) is 15.8. The summed E-state index contributed by atoms with van der Waals surface area (Å²) in [6.07, 6.45) is 2.18. The van der Waals surface area contributed by atoms with Gasteiger partial charge in [0.1, 0.15) is 5.82 Å². The van der Waals surface area contributed by atoms with Crippen molar-refractivity contribution in [3.05, 3.63) is 82.9 Å². The van der Waals surface area contributed by atoms with Gasteiger partial charge in [-0.05, 0) is 42.7 Å². The Labute approximate surface area is 159 Å². The molecule has 3 aromatic rings. The second kappa shape index (κ2) is 7.67. The molecular formula is C23H24FN2O. The molecule has 1 aliphatic heterocycles. The molecule has 1 aliphatic rings. The topological polar surface area (TPSA) is 28.3 Å². The number of ether oxygens (including phenoxy) is 1. The van der Waals surface area contributed by atoms with Crippen molar-refractivity contribution in [2.45, 2.75) is 26.4 Å². The summed E-state index contributed by atoms with van der Waals surface area (Å²) in [5.74, 6) is -0.210. The van der Waals surface area contributed by atoms with Gasteiger partial charge in [0.05, 0.1) is 19.3 Å². The van der Waals surface area contributed by atoms with E-state index >= 15 is 0 Å². The first-order chi connectivity index (χ1) is 13.1. The molecule has 2 aromatic carbocycles. The van der Waals surface area contributed by atoms with Crippen LogP contribution < -0.4 is 5.32 Å². The van der Waals surface area contributed by atoms with Crippen LogP contribution in [-0.2, 0) is 11.3 Å². The molecule has 1 unspecified atom stereocenters. The molecule has 1 aromatic heterocycles. The molecule has 1 saturated heterocycles. The van der Waals surface area contributed by atoms with Crippen LogP contribution >= 0.6 is 0 Å². The molecule has 27 heavy (non-hydrogen) atoms. The van der Waals surface area contributed by atoms with Crippen LogP contribution in [0.1, 0.15) is 28.4 Å². The van der Waals surface area contributed by atoms with Crippen molar-refractivity contribution in [1.82, 2.24) is 9.88 Å². The Morgan fingerprint density at radius 3 is 2.48 bits per heavy atom. The van der Waals surface area contributed by atoms with Crippen LogP contribution in [0, 0.1) is 19.7 Å². The molecule has 0 bridgehead atoms. The van der Waals surface area contributed by atoms with Crippen molar-refractivity contribution in [3.63, 3.8) is 0 Å². The molecule has 0 amide bonds. The third-order valence-corrected chi connectivity index (χ3v) is 5.09. The van der Waals surface area contributed by atoms with Crippen molar-refractivity contribution >= 4 is 0 Å². The molecule has 4 rings (SSSR count). The Kier molecular flexibility index (Phi) is 5.10. The predicted octanol–water partition coefficient (Wildman–Crippen LogP) is 4.64. The lowest BCUT2D eigenvalue weighted by Gasteiger charge is -2.25. The summed E-state index contributed by atoms with van der Waals surface area (Å²) in [5, 5.41) is 4.83. The number of rotatable bonds is 4. The van der Waals surface area contributed by atoms with Crippen LogP contribution in [-0.4, -0.2) is 24.3 Å². The minimum absolute atomic E-state index is 0.0178. The van der Waals surface area contributed by atoms with E-state index in [1.807, 2.05) is 12.1 Å². The van der Waals surface area contributed by atoms with E-state index in [0.717, 1.165) is 12.1 Å². The second-order valence-electron chi connectivity index (χ2n) is 7.19. The summed E-state index contributed by atoms with van der Waals surface area (Å²) in [7, 11) is 0. The molecule has 0 saturated carbocycles. The van der Waals surface area contributed by atoms with E-state index in [-0.39, 0.29) is 11.9 Å². The Morgan fingerprint density at radius 2 is 1.81 bits per heavy atom. The molecule has 1 radical (unpaired) electrons. The van der Waals surface area contributed by atoms with Gasteiger partial charge in [-0.3, -0.25) is 0 Å². The van der Waals surface area contributed by atoms with Gasteiger partial charge in [0.25, 0.3) is 0 Å². The number of hydrogen-bond acceptors (Lipinski definition) is 1. The number of nitrogens with zero attached hydrogens (tertiary/aromatic N) is 2. The maximum absolute atomic E-state index is 13.3. The fourth-order valence-electron chi connectivity index (χ4n) is 3.77. The number of morpholine rings is 1. The smallest absolute Gasteiger partial charge is 0.123 e. The third kappa shape index (κ3) is 3.82. The summed E-state index contributed by atoms with van der Waals surface area (Å²) in [6.45, 7) is 6.94. The lowest BCUT2D eigenvalue weighted by atomic mass is 9.97. The van der Waals surface area contributed by atoms with Crippen LogP contribution in [0.5, 0.6) is 0 Å². The van der Waals surface area contributed by atoms with E-state index in [1.54, 1.807) is 0 Å². The van der Waals surface area contributed by atoms with Crippen molar-refractivity contribution < 1.29 is 9.13 Å². The third-order valence-electron chi connectivity index (χ3n) is 5.09. The minimum Gasteiger partial charge on any atom is -0.378 e. The Hall–Kier alpha value is -2.43. The van der Waals surface area contributed by atoms with Gasteiger partial charge in [-0.25, -0.2) is 9.71 Å². The largest absolute Gasteiger partial charge is 0.378 e. The highest BCUT2D eigenvalue weighted by Gasteiger charge is 2.26. The normalized spacial score (nSPS) is 17.2. The van der Waals surface area contributed by atoms with Gasteiger partial charge in [0, 0.05) is 30.5 Å². The quantitative estimate of drug-likeness (QED) is 0.664. The monoisotopic (exact) mass is 363 g/mol. The zero-order chi connectivity index (χ0) is 18.8. The highest BCUT2D eigenvalue weighted by molar-refractivity contribution is 5.71. The molecule has 0 spiro atoms. The molecule has 0 aliphatic carbocycles. The number of aromatic nitrogens is 1. The molecule has 1 fully saturated rings. The number of halogens is 1. The number of aryl methyl sites for hydroxylation is 2. The van der Waals surface area contributed by atoms with Gasteiger partial charge in [0.2, 0.25) is 0 Å². The molecule has 139 valence electrons. The van der Waals surface area contributed by atoms with Crippen molar-refractivity contribution in [3.8, 4) is 11.1 Å². The second-order valence-corrected chi connectivity index (χ2v) is 7.19. The average molecular weight is 363 g/mol. The summed E-state index contributed by atoms with van der Waals surface area (Å²) in [4.78, 5) is 0. The van der Waals surface area contributed by atoms with Crippen molar-refractivity contribution in [2.24, 2.45) is 0 Å². The fraction of sp³-hybridized carbons (Fsp3) is 0.304. The Balaban J connectivity index is 1.79. The highest BCUT2D eigenvalue weighted by atomic mass is 19.1. The number of benzene rings is 2. The van der Waals surface area contributed by atoms with E-state index in [4.69, 9.17) is 10.1 Å². The van der Waals surface area contributed by atoms with Gasteiger partial charge in [-0.2, -0.15) is 0 Å². The van der Waals surface area contributed by atoms with E-state index in [1.165, 1.54) is 40.1 Å². The molecule has 2 heterocycles. The maximum Gasteiger partial charge on any atom is 0.123 e. The van der Waals surface area contributed by atoms with Gasteiger partial charge in [-0.1, -0.05) is 42.0 Å². The molecular weight excluding hydrogens is 339 g/mol. The minimum atomic E-state index is -0.210. The predicted molar refractivity (Wildman–Crippen MR) is 105 cm³/mol. The molecule has 0 N–H and O–H groups in total. The maximum atomic E-state index is 13.3. The van der Waals surface area contributed by atoms with Crippen LogP contribution in [0.4, 0.5) is 4.39 Å². The van der Waals surface area contributed by atoms with Gasteiger partial charge < -0.3 is 9.30 Å². The standard InChI is InChI=1S/C23H24FN2O/c1-16-3-7-19(8-4-16)22-17(2)13-26(14-18-5-9-20(24)10-6-18)23(22)21-15-27-12-11-25-21/h3-10,13,21H,11-12,14-15H2,1-2H3. The molecule has 1 atom stereocenters. The van der Waals surface area contributed by atoms with Gasteiger partial charge in [0.15, 0.2) is 0 Å². The first-order valence-corrected chi connectivity index (χ1v) is 9.37. The van der Waals surface area contributed by atoms with Crippen molar-refractivity contribution in [2.75, 3.05) is 19.8 Å². The molecule has 4 heteroatoms. The summed E-state index contributed by atoms with van der Waals surface area (Å²) in [5.41, 5.74) is 7.15. The summed E-state index contributed by atoms with van der Waals surface area (Å²) >= 11 is 0. The highest BCUT2D eigenvalue weighted by Crippen LogP contribution is 2.35. The van der Waals surface area contributed by atoms with Crippen LogP contribution in [0.25, 0.3) is 11.1 Å².